The molecule has 9 heteroatoms. The van der Waals surface area contributed by atoms with Crippen LogP contribution in [0.25, 0.3) is 0 Å². The van der Waals surface area contributed by atoms with Crippen molar-refractivity contribution in [2.75, 3.05) is 26.2 Å². The van der Waals surface area contributed by atoms with Crippen LogP contribution >= 0.6 is 24.0 Å². The number of piperazine rings is 1. The first-order valence-corrected chi connectivity index (χ1v) is 9.96. The Kier molecular flexibility index (Phi) is 9.70. The molecule has 1 aliphatic rings. The molecule has 1 fully saturated rings. The fourth-order valence-corrected chi connectivity index (χ4v) is 3.05. The fraction of sp³-hybridized carbons (Fsp3) is 0.318. The normalized spacial score (nSPS) is 13.8. The van der Waals surface area contributed by atoms with E-state index in [-0.39, 0.29) is 48.2 Å². The zero-order chi connectivity index (χ0) is 21.3. The molecule has 3 rings (SSSR count). The standard InChI is InChI=1S/C22H26FN5O2.HI/c1-2-24-22(27-14-17-5-9-19(23)10-6-17)26-13-16-3-7-18(8-4-16)21(30)28-12-11-25-20(29)15-28;/h3-10H,2,11-15H2,1H3,(H,25,29)(H2,24,26,27);1H. The Hall–Kier alpha value is -2.69. The number of benzene rings is 2. The summed E-state index contributed by atoms with van der Waals surface area (Å²) in [6, 6.07) is 13.6. The van der Waals surface area contributed by atoms with Crippen LogP contribution in [0.4, 0.5) is 4.39 Å². The van der Waals surface area contributed by atoms with Gasteiger partial charge in [-0.15, -0.1) is 24.0 Å². The number of carbonyl (C=O) groups is 2. The summed E-state index contributed by atoms with van der Waals surface area (Å²) in [4.78, 5) is 30.1. The number of hydrogen-bond acceptors (Lipinski definition) is 3. The van der Waals surface area contributed by atoms with E-state index in [1.54, 1.807) is 29.2 Å². The molecule has 0 radical (unpaired) electrons. The van der Waals surface area contributed by atoms with Crippen LogP contribution in [0.15, 0.2) is 53.5 Å². The van der Waals surface area contributed by atoms with Crippen molar-refractivity contribution in [2.24, 2.45) is 4.99 Å². The average molecular weight is 539 g/mol. The summed E-state index contributed by atoms with van der Waals surface area (Å²) in [5.74, 6) is 0.116. The summed E-state index contributed by atoms with van der Waals surface area (Å²) in [6.45, 7) is 4.76. The van der Waals surface area contributed by atoms with E-state index in [1.807, 2.05) is 19.1 Å². The monoisotopic (exact) mass is 539 g/mol. The zero-order valence-electron chi connectivity index (χ0n) is 17.4. The van der Waals surface area contributed by atoms with Crippen molar-refractivity contribution in [1.29, 1.82) is 0 Å². The van der Waals surface area contributed by atoms with Gasteiger partial charge < -0.3 is 20.9 Å². The highest BCUT2D eigenvalue weighted by molar-refractivity contribution is 14.0. The minimum atomic E-state index is -0.259. The molecular formula is C22H27FIN5O2. The number of amides is 2. The maximum Gasteiger partial charge on any atom is 0.254 e. The van der Waals surface area contributed by atoms with Gasteiger partial charge in [0, 0.05) is 31.7 Å². The van der Waals surface area contributed by atoms with E-state index in [0.29, 0.717) is 44.2 Å². The van der Waals surface area contributed by atoms with Gasteiger partial charge in [-0.05, 0) is 42.3 Å². The molecule has 1 aliphatic heterocycles. The number of halogens is 2. The molecule has 2 amide bonds. The second kappa shape index (κ2) is 12.2. The average Bonchev–Trinajstić information content (AvgIpc) is 2.76. The third-order valence-corrected chi connectivity index (χ3v) is 4.66. The molecule has 31 heavy (non-hydrogen) atoms. The highest BCUT2D eigenvalue weighted by Crippen LogP contribution is 2.10. The smallest absolute Gasteiger partial charge is 0.254 e. The Bertz CT molecular complexity index is 903. The molecule has 2 aromatic carbocycles. The molecule has 7 nitrogen and oxygen atoms in total. The van der Waals surface area contributed by atoms with Gasteiger partial charge in [0.25, 0.3) is 5.91 Å². The van der Waals surface area contributed by atoms with Gasteiger partial charge >= 0.3 is 0 Å². The van der Waals surface area contributed by atoms with Crippen LogP contribution in [0.2, 0.25) is 0 Å². The predicted molar refractivity (Wildman–Crippen MR) is 129 cm³/mol. The highest BCUT2D eigenvalue weighted by Gasteiger charge is 2.22. The second-order valence-corrected chi connectivity index (χ2v) is 6.95. The molecule has 2 aromatic rings. The van der Waals surface area contributed by atoms with Crippen LogP contribution in [-0.2, 0) is 17.9 Å². The summed E-state index contributed by atoms with van der Waals surface area (Å²) >= 11 is 0. The highest BCUT2D eigenvalue weighted by atomic mass is 127. The first kappa shape index (κ1) is 24.6. The maximum atomic E-state index is 13.0. The number of rotatable bonds is 6. The largest absolute Gasteiger partial charge is 0.357 e. The maximum absolute atomic E-state index is 13.0. The van der Waals surface area contributed by atoms with E-state index in [2.05, 4.69) is 20.9 Å². The third kappa shape index (κ3) is 7.50. The van der Waals surface area contributed by atoms with Crippen molar-refractivity contribution in [3.63, 3.8) is 0 Å². The molecule has 0 aliphatic carbocycles. The van der Waals surface area contributed by atoms with Crippen LogP contribution < -0.4 is 16.0 Å². The lowest BCUT2D eigenvalue weighted by Gasteiger charge is -2.26. The second-order valence-electron chi connectivity index (χ2n) is 6.95. The molecule has 0 bridgehead atoms. The van der Waals surface area contributed by atoms with E-state index >= 15 is 0 Å². The van der Waals surface area contributed by atoms with Gasteiger partial charge in [0.05, 0.1) is 13.1 Å². The van der Waals surface area contributed by atoms with Gasteiger partial charge in [-0.25, -0.2) is 9.38 Å². The fourth-order valence-electron chi connectivity index (χ4n) is 3.05. The SMILES string of the molecule is CCNC(=NCc1ccc(C(=O)N2CCNC(=O)C2)cc1)NCc1ccc(F)cc1.I. The Labute approximate surface area is 198 Å². The van der Waals surface area contributed by atoms with E-state index < -0.39 is 0 Å². The Morgan fingerprint density at radius 1 is 1.10 bits per heavy atom. The summed E-state index contributed by atoms with van der Waals surface area (Å²) in [5.41, 5.74) is 2.47. The predicted octanol–water partition coefficient (Wildman–Crippen LogP) is 2.27. The zero-order valence-corrected chi connectivity index (χ0v) is 19.7. The molecule has 0 saturated carbocycles. The van der Waals surface area contributed by atoms with Gasteiger partial charge in [-0.1, -0.05) is 24.3 Å². The van der Waals surface area contributed by atoms with Crippen LogP contribution in [0, 0.1) is 5.82 Å². The van der Waals surface area contributed by atoms with Crippen LogP contribution in [0.3, 0.4) is 0 Å². The lowest BCUT2D eigenvalue weighted by Crippen LogP contribution is -2.49. The Morgan fingerprint density at radius 3 is 2.42 bits per heavy atom. The number of aliphatic imine (C=N–C) groups is 1. The third-order valence-electron chi connectivity index (χ3n) is 4.66. The molecule has 0 unspecified atom stereocenters. The number of guanidine groups is 1. The molecular weight excluding hydrogens is 512 g/mol. The Morgan fingerprint density at radius 2 is 1.77 bits per heavy atom. The van der Waals surface area contributed by atoms with Gasteiger partial charge in [0.1, 0.15) is 5.82 Å². The number of carbonyl (C=O) groups excluding carboxylic acids is 2. The molecule has 0 spiro atoms. The minimum Gasteiger partial charge on any atom is -0.357 e. The number of nitrogens with zero attached hydrogens (tertiary/aromatic N) is 2. The number of nitrogens with one attached hydrogen (secondary N) is 3. The van der Waals surface area contributed by atoms with Crippen LogP contribution in [0.5, 0.6) is 0 Å². The van der Waals surface area contributed by atoms with Crippen LogP contribution in [0.1, 0.15) is 28.4 Å². The molecule has 166 valence electrons. The van der Waals surface area contributed by atoms with Crippen molar-refractivity contribution < 1.29 is 14.0 Å². The first-order valence-electron chi connectivity index (χ1n) is 9.96. The van der Waals surface area contributed by atoms with E-state index in [0.717, 1.165) is 11.1 Å². The topological polar surface area (TPSA) is 85.8 Å². The van der Waals surface area contributed by atoms with Crippen molar-refractivity contribution >= 4 is 41.8 Å². The van der Waals surface area contributed by atoms with E-state index in [4.69, 9.17) is 0 Å². The molecule has 1 saturated heterocycles. The van der Waals surface area contributed by atoms with Crippen molar-refractivity contribution in [1.82, 2.24) is 20.9 Å². The summed E-state index contributed by atoms with van der Waals surface area (Å²) in [5, 5.41) is 9.11. The van der Waals surface area contributed by atoms with Gasteiger partial charge in [-0.2, -0.15) is 0 Å². The first-order chi connectivity index (χ1) is 14.5. The van der Waals surface area contributed by atoms with E-state index in [9.17, 15) is 14.0 Å². The summed E-state index contributed by atoms with van der Waals surface area (Å²) in [7, 11) is 0. The minimum absolute atomic E-state index is 0. The van der Waals surface area contributed by atoms with Gasteiger partial charge in [-0.3, -0.25) is 9.59 Å². The molecule has 3 N–H and O–H groups in total. The van der Waals surface area contributed by atoms with Crippen molar-refractivity contribution in [3.8, 4) is 0 Å². The lowest BCUT2D eigenvalue weighted by molar-refractivity contribution is -0.123. The molecule has 1 heterocycles. The molecule has 0 atom stereocenters. The quantitative estimate of drug-likeness (QED) is 0.299. The summed E-state index contributed by atoms with van der Waals surface area (Å²) < 4.78 is 13.0. The summed E-state index contributed by atoms with van der Waals surface area (Å²) in [6.07, 6.45) is 0. The lowest BCUT2D eigenvalue weighted by atomic mass is 10.1. The van der Waals surface area contributed by atoms with Crippen molar-refractivity contribution in [3.05, 3.63) is 71.0 Å². The van der Waals surface area contributed by atoms with Gasteiger partial charge in [0.2, 0.25) is 5.91 Å². The van der Waals surface area contributed by atoms with Gasteiger partial charge in [0.15, 0.2) is 5.96 Å². The van der Waals surface area contributed by atoms with E-state index in [1.165, 1.54) is 12.1 Å². The Balaban J connectivity index is 0.00000341. The number of hydrogen-bond donors (Lipinski definition) is 3. The van der Waals surface area contributed by atoms with Crippen LogP contribution in [-0.4, -0.2) is 48.9 Å². The van der Waals surface area contributed by atoms with Crippen molar-refractivity contribution in [2.45, 2.75) is 20.0 Å². The molecule has 0 aromatic heterocycles.